The van der Waals surface area contributed by atoms with Gasteiger partial charge in [-0.15, -0.1) is 0 Å². The van der Waals surface area contributed by atoms with E-state index < -0.39 is 5.91 Å². The van der Waals surface area contributed by atoms with Crippen LogP contribution in [0, 0.1) is 0 Å². The number of fused-ring (bicyclic) bond motifs is 1. The number of hydrogen-bond donors (Lipinski definition) is 1. The Morgan fingerprint density at radius 1 is 1.44 bits per heavy atom. The fraction of sp³-hybridized carbons (Fsp3) is 0. The van der Waals surface area contributed by atoms with Crippen LogP contribution >= 0.6 is 0 Å². The minimum absolute atomic E-state index is 0.602. The van der Waals surface area contributed by atoms with Crippen molar-refractivity contribution in [1.82, 2.24) is 4.98 Å². The van der Waals surface area contributed by atoms with Crippen molar-refractivity contribution in [2.24, 2.45) is 5.11 Å². The number of aromatic nitrogens is 1. The van der Waals surface area contributed by atoms with Crippen molar-refractivity contribution in [3.8, 4) is 0 Å². The maximum atomic E-state index is 11.0. The number of nitrogens with zero attached hydrogens (tertiary/aromatic N) is 3. The smallest absolute Gasteiger partial charge is 0.242 e. The van der Waals surface area contributed by atoms with E-state index in [2.05, 4.69) is 15.0 Å². The molecule has 1 amide bonds. The first kappa shape index (κ1) is 10.0. The van der Waals surface area contributed by atoms with Crippen molar-refractivity contribution in [3.63, 3.8) is 0 Å². The number of nitrogens with one attached hydrogen (secondary N) is 1. The van der Waals surface area contributed by atoms with Gasteiger partial charge in [0.1, 0.15) is 0 Å². The second-order valence-corrected chi connectivity index (χ2v) is 3.15. The van der Waals surface area contributed by atoms with Gasteiger partial charge in [-0.1, -0.05) is 18.2 Å². The summed E-state index contributed by atoms with van der Waals surface area (Å²) in [5, 5.41) is 3.98. The molecule has 0 spiro atoms. The van der Waals surface area contributed by atoms with Gasteiger partial charge in [-0.3, -0.25) is 4.79 Å². The van der Waals surface area contributed by atoms with Gasteiger partial charge in [0, 0.05) is 22.0 Å². The van der Waals surface area contributed by atoms with E-state index in [-0.39, 0.29) is 0 Å². The van der Waals surface area contributed by atoms with E-state index in [1.807, 2.05) is 30.5 Å². The summed E-state index contributed by atoms with van der Waals surface area (Å²) in [6.07, 6.45) is 4.71. The molecule has 0 aliphatic carbocycles. The van der Waals surface area contributed by atoms with Crippen molar-refractivity contribution < 1.29 is 4.79 Å². The molecule has 0 aliphatic heterocycles. The molecule has 1 aromatic heterocycles. The normalized spacial score (nSPS) is 10.5. The van der Waals surface area contributed by atoms with Crippen LogP contribution in [-0.2, 0) is 4.79 Å². The van der Waals surface area contributed by atoms with Gasteiger partial charge in [0.05, 0.1) is 0 Å². The fourth-order valence-electron chi connectivity index (χ4n) is 1.49. The lowest BCUT2D eigenvalue weighted by molar-refractivity contribution is -0.113. The summed E-state index contributed by atoms with van der Waals surface area (Å²) in [5.74, 6) is -0.602. The van der Waals surface area contributed by atoms with Gasteiger partial charge in [-0.05, 0) is 34.4 Å². The van der Waals surface area contributed by atoms with Crippen molar-refractivity contribution >= 4 is 22.9 Å². The van der Waals surface area contributed by atoms with Crippen LogP contribution < -0.4 is 0 Å². The Kier molecular flexibility index (Phi) is 2.71. The second kappa shape index (κ2) is 4.33. The molecule has 2 rings (SSSR count). The van der Waals surface area contributed by atoms with Crippen LogP contribution in [0.3, 0.4) is 0 Å². The van der Waals surface area contributed by atoms with Crippen LogP contribution in [0.15, 0.2) is 41.7 Å². The molecule has 2 aromatic rings. The number of aromatic amines is 1. The van der Waals surface area contributed by atoms with E-state index in [0.717, 1.165) is 16.5 Å². The summed E-state index contributed by atoms with van der Waals surface area (Å²) in [4.78, 5) is 16.5. The van der Waals surface area contributed by atoms with E-state index in [1.54, 1.807) is 6.08 Å². The van der Waals surface area contributed by atoms with Crippen LogP contribution in [0.4, 0.5) is 0 Å². The van der Waals surface area contributed by atoms with E-state index in [0.29, 0.717) is 0 Å². The quantitative estimate of drug-likeness (QED) is 0.353. The zero-order valence-corrected chi connectivity index (χ0v) is 8.29. The Morgan fingerprint density at radius 3 is 3.12 bits per heavy atom. The highest BCUT2D eigenvalue weighted by Gasteiger charge is 1.98. The summed E-state index contributed by atoms with van der Waals surface area (Å²) in [7, 11) is 0. The third-order valence-electron chi connectivity index (χ3n) is 2.18. The average molecular weight is 212 g/mol. The summed E-state index contributed by atoms with van der Waals surface area (Å²) in [5.41, 5.74) is 9.97. The minimum atomic E-state index is -0.602. The molecule has 0 fully saturated rings. The van der Waals surface area contributed by atoms with E-state index in [4.69, 9.17) is 5.53 Å². The lowest BCUT2D eigenvalue weighted by Gasteiger charge is -1.95. The molecule has 5 heteroatoms. The van der Waals surface area contributed by atoms with Crippen molar-refractivity contribution in [2.75, 3.05) is 0 Å². The van der Waals surface area contributed by atoms with Gasteiger partial charge in [0.2, 0.25) is 5.91 Å². The second-order valence-electron chi connectivity index (χ2n) is 3.15. The molecule has 0 saturated carbocycles. The Hall–Kier alpha value is -2.52. The number of hydrogen-bond acceptors (Lipinski definition) is 1. The Labute approximate surface area is 91.0 Å². The summed E-state index contributed by atoms with van der Waals surface area (Å²) in [6, 6.07) is 7.64. The number of rotatable bonds is 2. The maximum absolute atomic E-state index is 11.0. The molecular formula is C11H8N4O. The summed E-state index contributed by atoms with van der Waals surface area (Å²) < 4.78 is 0. The van der Waals surface area contributed by atoms with Gasteiger partial charge in [-0.2, -0.15) is 0 Å². The highest BCUT2D eigenvalue weighted by molar-refractivity contribution is 5.96. The lowest BCUT2D eigenvalue weighted by atomic mass is 10.1. The van der Waals surface area contributed by atoms with Crippen LogP contribution in [0.5, 0.6) is 0 Å². The Morgan fingerprint density at radius 2 is 2.31 bits per heavy atom. The van der Waals surface area contributed by atoms with Gasteiger partial charge in [0.15, 0.2) is 0 Å². The average Bonchev–Trinajstić information content (AvgIpc) is 2.75. The van der Waals surface area contributed by atoms with Crippen LogP contribution in [0.2, 0.25) is 0 Å². The van der Waals surface area contributed by atoms with Crippen molar-refractivity contribution in [2.45, 2.75) is 0 Å². The molecule has 0 radical (unpaired) electrons. The summed E-state index contributed by atoms with van der Waals surface area (Å²) >= 11 is 0. The van der Waals surface area contributed by atoms with Crippen molar-refractivity contribution in [3.05, 3.63) is 52.5 Å². The molecule has 78 valence electrons. The predicted molar refractivity (Wildman–Crippen MR) is 61.5 cm³/mol. The van der Waals surface area contributed by atoms with Crippen molar-refractivity contribution in [1.29, 1.82) is 0 Å². The summed E-state index contributed by atoms with van der Waals surface area (Å²) in [6.45, 7) is 0. The van der Waals surface area contributed by atoms with Gasteiger partial charge >= 0.3 is 0 Å². The molecule has 0 saturated heterocycles. The number of amides is 1. The van der Waals surface area contributed by atoms with E-state index in [9.17, 15) is 4.79 Å². The first-order chi connectivity index (χ1) is 7.81. The molecule has 0 bridgehead atoms. The Balaban J connectivity index is 2.37. The van der Waals surface area contributed by atoms with Crippen LogP contribution in [0.25, 0.3) is 27.4 Å². The molecule has 0 aliphatic rings. The topological polar surface area (TPSA) is 81.6 Å². The van der Waals surface area contributed by atoms with Crippen LogP contribution in [0.1, 0.15) is 5.56 Å². The molecule has 1 aromatic carbocycles. The third kappa shape index (κ3) is 1.94. The number of azide groups is 1. The zero-order chi connectivity index (χ0) is 11.4. The molecule has 5 nitrogen and oxygen atoms in total. The molecular weight excluding hydrogens is 204 g/mol. The largest absolute Gasteiger partial charge is 0.361 e. The fourth-order valence-corrected chi connectivity index (χ4v) is 1.49. The highest BCUT2D eigenvalue weighted by atomic mass is 16.1. The third-order valence-corrected chi connectivity index (χ3v) is 2.18. The highest BCUT2D eigenvalue weighted by Crippen LogP contribution is 2.18. The predicted octanol–water partition coefficient (Wildman–Crippen LogP) is 3.02. The minimum Gasteiger partial charge on any atom is -0.361 e. The zero-order valence-electron chi connectivity index (χ0n) is 8.29. The Bertz CT molecular complexity index is 605. The first-order valence-electron chi connectivity index (χ1n) is 4.64. The number of carbonyl (C=O) groups excluding carboxylic acids is 1. The van der Waals surface area contributed by atoms with Gasteiger partial charge in [0.25, 0.3) is 0 Å². The standard InChI is InChI=1S/C11H8N4O/c12-15-14-11(16)5-4-8-2-1-3-10-9(8)6-7-13-10/h1-7,13H. The van der Waals surface area contributed by atoms with Gasteiger partial charge in [-0.25, -0.2) is 0 Å². The van der Waals surface area contributed by atoms with E-state index >= 15 is 0 Å². The molecule has 0 unspecified atom stereocenters. The van der Waals surface area contributed by atoms with Gasteiger partial charge < -0.3 is 4.98 Å². The molecule has 16 heavy (non-hydrogen) atoms. The molecule has 0 atom stereocenters. The number of benzene rings is 1. The SMILES string of the molecule is [N-]=[N+]=NC(=O)C=Cc1cccc2[nH]ccc12. The first-order valence-corrected chi connectivity index (χ1v) is 4.64. The van der Waals surface area contributed by atoms with Crippen LogP contribution in [-0.4, -0.2) is 10.9 Å². The molecule has 1 heterocycles. The number of H-pyrrole nitrogens is 1. The number of carbonyl (C=O) groups is 1. The lowest BCUT2D eigenvalue weighted by Crippen LogP contribution is -1.82. The van der Waals surface area contributed by atoms with E-state index in [1.165, 1.54) is 6.08 Å². The maximum Gasteiger partial charge on any atom is 0.242 e. The monoisotopic (exact) mass is 212 g/mol. The molecule has 1 N–H and O–H groups in total.